The highest BCUT2D eigenvalue weighted by molar-refractivity contribution is 5.86. The van der Waals surface area contributed by atoms with Crippen LogP contribution in [0, 0.1) is 0 Å². The number of nitrogens with one attached hydrogen (secondary N) is 2. The Morgan fingerprint density at radius 2 is 1.57 bits per heavy atom. The molecule has 0 radical (unpaired) electrons. The van der Waals surface area contributed by atoms with Crippen molar-refractivity contribution in [1.29, 1.82) is 0 Å². The third kappa shape index (κ3) is 11.7. The van der Waals surface area contributed by atoms with E-state index < -0.39 is 42.4 Å². The minimum Gasteiger partial charge on any atom is -0.481 e. The lowest BCUT2D eigenvalue weighted by Crippen LogP contribution is -2.52. The van der Waals surface area contributed by atoms with Gasteiger partial charge in [-0.15, -0.1) is 0 Å². The lowest BCUT2D eigenvalue weighted by atomic mass is 10.1. The molecule has 12 nitrogen and oxygen atoms in total. The van der Waals surface area contributed by atoms with Gasteiger partial charge in [0.1, 0.15) is 12.1 Å². The van der Waals surface area contributed by atoms with Crippen LogP contribution >= 0.6 is 0 Å². The van der Waals surface area contributed by atoms with Crippen LogP contribution in [0.4, 0.5) is 10.5 Å². The first-order chi connectivity index (χ1) is 16.5. The fourth-order valence-corrected chi connectivity index (χ4v) is 3.32. The number of carboxylic acid groups (broad SMARTS) is 3. The number of urea groups is 1. The van der Waals surface area contributed by atoms with Crippen LogP contribution in [0.15, 0.2) is 24.3 Å². The number of nitrogens with zero attached hydrogens (tertiary/aromatic N) is 1. The third-order valence-corrected chi connectivity index (χ3v) is 5.39. The normalized spacial score (nSPS) is 12.3. The molecule has 0 unspecified atom stereocenters. The summed E-state index contributed by atoms with van der Waals surface area (Å²) in [4.78, 5) is 58.7. The number of hydrogen-bond donors (Lipinski definition) is 6. The first-order valence-corrected chi connectivity index (χ1v) is 11.3. The zero-order valence-corrected chi connectivity index (χ0v) is 19.7. The molecule has 1 aromatic carbocycles. The van der Waals surface area contributed by atoms with Crippen molar-refractivity contribution < 1.29 is 39.3 Å². The Hall–Kier alpha value is -3.83. The van der Waals surface area contributed by atoms with Gasteiger partial charge in [-0.05, 0) is 56.2 Å². The van der Waals surface area contributed by atoms with Gasteiger partial charge in [0.15, 0.2) is 0 Å². The number of unbranched alkanes of at least 4 members (excludes halogenated alkanes) is 1. The van der Waals surface area contributed by atoms with Crippen molar-refractivity contribution in [2.45, 2.75) is 63.5 Å². The average molecular weight is 495 g/mol. The second-order valence-electron chi connectivity index (χ2n) is 8.18. The molecular formula is C23H34N4O8. The Morgan fingerprint density at radius 3 is 2.14 bits per heavy atom. The molecule has 0 fully saturated rings. The second-order valence-corrected chi connectivity index (χ2v) is 8.18. The minimum atomic E-state index is -1.45. The quantitative estimate of drug-likeness (QED) is 0.145. The molecule has 35 heavy (non-hydrogen) atoms. The number of aryl methyl sites for hydroxylation is 1. The molecule has 0 heterocycles. The molecule has 12 heteroatoms. The number of likely N-dealkylation sites (N-methyl/N-ethyl adjacent to an activating group) is 1. The number of nitrogens with two attached hydrogens (primary N) is 1. The van der Waals surface area contributed by atoms with Crippen LogP contribution < -0.4 is 16.4 Å². The largest absolute Gasteiger partial charge is 0.481 e. The summed E-state index contributed by atoms with van der Waals surface area (Å²) in [5.74, 6) is -3.99. The highest BCUT2D eigenvalue weighted by atomic mass is 16.4. The second kappa shape index (κ2) is 15.1. The van der Waals surface area contributed by atoms with Crippen molar-refractivity contribution in [3.8, 4) is 0 Å². The Balaban J connectivity index is 2.37. The van der Waals surface area contributed by atoms with E-state index in [1.54, 1.807) is 0 Å². The van der Waals surface area contributed by atoms with Crippen molar-refractivity contribution in [2.75, 3.05) is 19.3 Å². The summed E-state index contributed by atoms with van der Waals surface area (Å²) in [5.41, 5.74) is 7.42. The van der Waals surface area contributed by atoms with Crippen molar-refractivity contribution in [1.82, 2.24) is 15.5 Å². The summed E-state index contributed by atoms with van der Waals surface area (Å²) in [5, 5.41) is 32.3. The van der Waals surface area contributed by atoms with E-state index >= 15 is 0 Å². The molecule has 2 atom stereocenters. The molecule has 194 valence electrons. The zero-order valence-electron chi connectivity index (χ0n) is 19.7. The van der Waals surface area contributed by atoms with Crippen molar-refractivity contribution in [3.63, 3.8) is 0 Å². The van der Waals surface area contributed by atoms with E-state index in [1.165, 1.54) is 7.05 Å². The van der Waals surface area contributed by atoms with Gasteiger partial charge in [0.2, 0.25) is 5.91 Å². The SMILES string of the molecule is CN(C(=O)N[C@@H](CCC(=O)O)C(=O)O)[C@@H](CCCCNC(=O)CCCc1ccc(N)cc1)C(=O)O. The summed E-state index contributed by atoms with van der Waals surface area (Å²) in [7, 11) is 1.23. The summed E-state index contributed by atoms with van der Waals surface area (Å²) >= 11 is 0. The summed E-state index contributed by atoms with van der Waals surface area (Å²) in [6.45, 7) is 0.360. The van der Waals surface area contributed by atoms with Crippen LogP contribution in [-0.4, -0.2) is 75.7 Å². The standard InChI is InChI=1S/C23H34N4O8/c1-27(23(35)26-17(21(31)32)12-13-20(29)30)18(22(33)34)6-2-3-14-25-19(28)7-4-5-15-8-10-16(24)11-9-15/h8-11,17-18H,2-7,12-14,24H2,1H3,(H,25,28)(H,26,35)(H,29,30)(H,31,32)(H,33,34)/t17-,18-/m0/s1. The van der Waals surface area contributed by atoms with E-state index in [4.69, 9.17) is 15.9 Å². The van der Waals surface area contributed by atoms with E-state index in [-0.39, 0.29) is 18.7 Å². The molecule has 0 aliphatic rings. The molecule has 3 amide bonds. The molecule has 0 saturated heterocycles. The first kappa shape index (κ1) is 29.2. The molecule has 0 aromatic heterocycles. The van der Waals surface area contributed by atoms with Gasteiger partial charge in [0.05, 0.1) is 0 Å². The Bertz CT molecular complexity index is 875. The predicted molar refractivity (Wildman–Crippen MR) is 127 cm³/mol. The predicted octanol–water partition coefficient (Wildman–Crippen LogP) is 1.29. The van der Waals surface area contributed by atoms with Crippen molar-refractivity contribution in [3.05, 3.63) is 29.8 Å². The van der Waals surface area contributed by atoms with Crippen LogP contribution in [0.3, 0.4) is 0 Å². The topological polar surface area (TPSA) is 199 Å². The number of nitrogen functional groups attached to an aromatic ring is 1. The molecule has 0 bridgehead atoms. The number of aliphatic carboxylic acids is 3. The van der Waals surface area contributed by atoms with E-state index in [9.17, 15) is 29.1 Å². The smallest absolute Gasteiger partial charge is 0.326 e. The number of rotatable bonds is 16. The lowest BCUT2D eigenvalue weighted by Gasteiger charge is -2.26. The fourth-order valence-electron chi connectivity index (χ4n) is 3.32. The minimum absolute atomic E-state index is 0.0964. The number of hydrogen-bond acceptors (Lipinski definition) is 6. The molecule has 0 aliphatic heterocycles. The molecule has 0 aliphatic carbocycles. The van der Waals surface area contributed by atoms with Gasteiger partial charge in [-0.25, -0.2) is 14.4 Å². The molecule has 1 aromatic rings. The van der Waals surface area contributed by atoms with Gasteiger partial charge in [0, 0.05) is 32.1 Å². The number of carboxylic acids is 3. The summed E-state index contributed by atoms with van der Waals surface area (Å²) in [6.07, 6.45) is 2.00. The maximum Gasteiger partial charge on any atom is 0.326 e. The van der Waals surface area contributed by atoms with E-state index in [0.717, 1.165) is 16.9 Å². The molecule has 1 rings (SSSR count). The van der Waals surface area contributed by atoms with Crippen LogP contribution in [0.5, 0.6) is 0 Å². The van der Waals surface area contributed by atoms with Crippen LogP contribution in [0.25, 0.3) is 0 Å². The van der Waals surface area contributed by atoms with Crippen LogP contribution in [-0.2, 0) is 25.6 Å². The number of benzene rings is 1. The molecular weight excluding hydrogens is 460 g/mol. The van der Waals surface area contributed by atoms with Gasteiger partial charge < -0.3 is 36.6 Å². The van der Waals surface area contributed by atoms with Gasteiger partial charge in [-0.3, -0.25) is 9.59 Å². The van der Waals surface area contributed by atoms with Gasteiger partial charge in [-0.2, -0.15) is 0 Å². The number of anilines is 1. The third-order valence-electron chi connectivity index (χ3n) is 5.39. The Labute approximate surface area is 203 Å². The van der Waals surface area contributed by atoms with Crippen molar-refractivity contribution in [2.24, 2.45) is 0 Å². The fraction of sp³-hybridized carbons (Fsp3) is 0.522. The van der Waals surface area contributed by atoms with E-state index in [0.29, 0.717) is 37.9 Å². The van der Waals surface area contributed by atoms with Gasteiger partial charge in [-0.1, -0.05) is 12.1 Å². The molecule has 0 saturated carbocycles. The van der Waals surface area contributed by atoms with E-state index in [1.807, 2.05) is 24.3 Å². The van der Waals surface area contributed by atoms with Crippen LogP contribution in [0.1, 0.15) is 50.5 Å². The van der Waals surface area contributed by atoms with E-state index in [2.05, 4.69) is 10.6 Å². The number of amides is 3. The van der Waals surface area contributed by atoms with Crippen molar-refractivity contribution >= 4 is 35.5 Å². The molecule has 0 spiro atoms. The Morgan fingerprint density at radius 1 is 0.914 bits per heavy atom. The highest BCUT2D eigenvalue weighted by Crippen LogP contribution is 2.10. The summed E-state index contributed by atoms with van der Waals surface area (Å²) in [6, 6.07) is 3.87. The van der Waals surface area contributed by atoms with Gasteiger partial charge in [0.25, 0.3) is 0 Å². The van der Waals surface area contributed by atoms with Gasteiger partial charge >= 0.3 is 23.9 Å². The summed E-state index contributed by atoms with van der Waals surface area (Å²) < 4.78 is 0. The zero-order chi connectivity index (χ0) is 26.4. The van der Waals surface area contributed by atoms with Crippen LogP contribution in [0.2, 0.25) is 0 Å². The highest BCUT2D eigenvalue weighted by Gasteiger charge is 2.29. The maximum atomic E-state index is 12.3. The number of carbonyl (C=O) groups is 5. The maximum absolute atomic E-state index is 12.3. The molecule has 7 N–H and O–H groups in total. The monoisotopic (exact) mass is 494 g/mol. The number of carbonyl (C=O) groups excluding carboxylic acids is 2. The average Bonchev–Trinajstić information content (AvgIpc) is 2.79. The first-order valence-electron chi connectivity index (χ1n) is 11.3. The Kier molecular flexibility index (Phi) is 12.6. The lowest BCUT2D eigenvalue weighted by molar-refractivity contribution is -0.142.